The van der Waals surface area contributed by atoms with Gasteiger partial charge < -0.3 is 4.90 Å². The molecule has 0 unspecified atom stereocenters. The molecule has 0 aromatic carbocycles. The van der Waals surface area contributed by atoms with Gasteiger partial charge >= 0.3 is 0 Å². The van der Waals surface area contributed by atoms with Gasteiger partial charge in [0.2, 0.25) is 0 Å². The molecule has 58 valence electrons. The molecule has 1 N–H and O–H groups in total. The first-order valence-electron chi connectivity index (χ1n) is 4.05. The van der Waals surface area contributed by atoms with Crippen molar-refractivity contribution in [2.45, 2.75) is 26.7 Å². The van der Waals surface area contributed by atoms with Gasteiger partial charge in [-0.3, -0.25) is 0 Å². The maximum absolute atomic E-state index is 8.27. The standard InChI is InChI=1S/C8H16N2/c1-3-10(4-2)8-6-5-7-9/h3-6,8H2,1-2H3/p+1. The van der Waals surface area contributed by atoms with Gasteiger partial charge in [0.25, 0.3) is 0 Å². The van der Waals surface area contributed by atoms with E-state index in [9.17, 15) is 0 Å². The first-order chi connectivity index (χ1) is 4.85. The molecule has 0 radical (unpaired) electrons. The molecule has 10 heavy (non-hydrogen) atoms. The van der Waals surface area contributed by atoms with Crippen LogP contribution >= 0.6 is 0 Å². The van der Waals surface area contributed by atoms with Crippen molar-refractivity contribution in [1.82, 2.24) is 0 Å². The lowest BCUT2D eigenvalue weighted by Crippen LogP contribution is -3.11. The molecule has 2 heteroatoms. The summed E-state index contributed by atoms with van der Waals surface area (Å²) < 4.78 is 0. The van der Waals surface area contributed by atoms with E-state index in [0.29, 0.717) is 6.42 Å². The van der Waals surface area contributed by atoms with Crippen molar-refractivity contribution in [2.24, 2.45) is 0 Å². The fourth-order valence-electron chi connectivity index (χ4n) is 1.02. The van der Waals surface area contributed by atoms with Crippen LogP contribution in [-0.4, -0.2) is 19.6 Å². The van der Waals surface area contributed by atoms with Crippen molar-refractivity contribution in [3.05, 3.63) is 0 Å². The Morgan fingerprint density at radius 3 is 2.30 bits per heavy atom. The van der Waals surface area contributed by atoms with Crippen LogP contribution in [0.2, 0.25) is 0 Å². The Bertz CT molecular complexity index is 100. The highest BCUT2D eigenvalue weighted by atomic mass is 15.1. The molecular formula is C8H17N2+. The summed E-state index contributed by atoms with van der Waals surface area (Å²) in [6.07, 6.45) is 1.76. The summed E-state index contributed by atoms with van der Waals surface area (Å²) in [5, 5.41) is 8.27. The highest BCUT2D eigenvalue weighted by Gasteiger charge is 1.99. The molecule has 0 amide bonds. The smallest absolute Gasteiger partial charge is 0.0780 e. The third-order valence-corrected chi connectivity index (χ3v) is 1.82. The summed E-state index contributed by atoms with van der Waals surface area (Å²) in [5.41, 5.74) is 0. The summed E-state index contributed by atoms with van der Waals surface area (Å²) in [6, 6.07) is 2.16. The largest absolute Gasteiger partial charge is 0.335 e. The lowest BCUT2D eigenvalue weighted by molar-refractivity contribution is -0.896. The molecule has 0 saturated heterocycles. The monoisotopic (exact) mass is 141 g/mol. The van der Waals surface area contributed by atoms with Gasteiger partial charge in [0.05, 0.1) is 25.7 Å². The van der Waals surface area contributed by atoms with Gasteiger partial charge in [-0.1, -0.05) is 0 Å². The fourth-order valence-corrected chi connectivity index (χ4v) is 1.02. The average molecular weight is 141 g/mol. The molecule has 0 aromatic rings. The van der Waals surface area contributed by atoms with Gasteiger partial charge in [-0.05, 0) is 13.8 Å². The Balaban J connectivity index is 3.19. The van der Waals surface area contributed by atoms with Gasteiger partial charge in [-0.15, -0.1) is 0 Å². The van der Waals surface area contributed by atoms with E-state index < -0.39 is 0 Å². The van der Waals surface area contributed by atoms with Gasteiger partial charge in [0, 0.05) is 12.8 Å². The van der Waals surface area contributed by atoms with Crippen LogP contribution in [0, 0.1) is 11.3 Å². The van der Waals surface area contributed by atoms with Crippen LogP contribution in [0.4, 0.5) is 0 Å². The number of hydrogen-bond acceptors (Lipinski definition) is 1. The van der Waals surface area contributed by atoms with Crippen molar-refractivity contribution < 1.29 is 4.90 Å². The molecule has 0 spiro atoms. The predicted octanol–water partition coefficient (Wildman–Crippen LogP) is 0.215. The van der Waals surface area contributed by atoms with Crippen molar-refractivity contribution in [3.8, 4) is 6.07 Å². The first kappa shape index (κ1) is 9.45. The lowest BCUT2D eigenvalue weighted by atomic mass is 10.3. The molecule has 0 heterocycles. The molecule has 0 saturated carbocycles. The van der Waals surface area contributed by atoms with Crippen molar-refractivity contribution in [3.63, 3.8) is 0 Å². The fraction of sp³-hybridized carbons (Fsp3) is 0.875. The zero-order valence-electron chi connectivity index (χ0n) is 6.98. The molecule has 0 aliphatic rings. The van der Waals surface area contributed by atoms with Gasteiger partial charge in [-0.2, -0.15) is 5.26 Å². The van der Waals surface area contributed by atoms with Crippen LogP contribution in [0.1, 0.15) is 26.7 Å². The summed E-state index contributed by atoms with van der Waals surface area (Å²) in [4.78, 5) is 1.59. The van der Waals surface area contributed by atoms with E-state index in [1.807, 2.05) is 0 Å². The summed E-state index contributed by atoms with van der Waals surface area (Å²) in [7, 11) is 0. The van der Waals surface area contributed by atoms with Crippen molar-refractivity contribution >= 4 is 0 Å². The number of nitrogens with one attached hydrogen (secondary N) is 1. The zero-order chi connectivity index (χ0) is 7.82. The Morgan fingerprint density at radius 2 is 1.90 bits per heavy atom. The maximum atomic E-state index is 8.27. The minimum Gasteiger partial charge on any atom is -0.335 e. The van der Waals surface area contributed by atoms with Crippen molar-refractivity contribution in [2.75, 3.05) is 19.6 Å². The highest BCUT2D eigenvalue weighted by Crippen LogP contribution is 1.79. The van der Waals surface area contributed by atoms with Gasteiger partial charge in [0.1, 0.15) is 0 Å². The maximum Gasteiger partial charge on any atom is 0.0780 e. The Labute approximate surface area is 63.4 Å². The minimum absolute atomic E-state index is 0.712. The first-order valence-corrected chi connectivity index (χ1v) is 4.05. The van der Waals surface area contributed by atoms with E-state index in [-0.39, 0.29) is 0 Å². The Kier molecular flexibility index (Phi) is 6.21. The molecule has 0 atom stereocenters. The van der Waals surface area contributed by atoms with Crippen LogP contribution in [0.3, 0.4) is 0 Å². The van der Waals surface area contributed by atoms with E-state index in [1.54, 1.807) is 4.90 Å². The summed E-state index contributed by atoms with van der Waals surface area (Å²) >= 11 is 0. The molecule has 0 aliphatic heterocycles. The number of rotatable bonds is 5. The second-order valence-electron chi connectivity index (χ2n) is 2.47. The van der Waals surface area contributed by atoms with Crippen LogP contribution in [-0.2, 0) is 0 Å². The van der Waals surface area contributed by atoms with Crippen LogP contribution in [0.25, 0.3) is 0 Å². The predicted molar refractivity (Wildman–Crippen MR) is 41.8 cm³/mol. The van der Waals surface area contributed by atoms with Crippen molar-refractivity contribution in [1.29, 1.82) is 5.26 Å². The molecular weight excluding hydrogens is 124 g/mol. The average Bonchev–Trinajstić information content (AvgIpc) is 1.99. The number of hydrogen-bond donors (Lipinski definition) is 1. The Morgan fingerprint density at radius 1 is 1.30 bits per heavy atom. The molecule has 0 bridgehead atoms. The normalized spacial score (nSPS) is 9.80. The van der Waals surface area contributed by atoms with Crippen LogP contribution in [0.5, 0.6) is 0 Å². The van der Waals surface area contributed by atoms with E-state index in [1.165, 1.54) is 13.1 Å². The third-order valence-electron chi connectivity index (χ3n) is 1.82. The molecule has 0 aromatic heterocycles. The van der Waals surface area contributed by atoms with E-state index in [2.05, 4.69) is 19.9 Å². The number of nitriles is 1. The molecule has 0 aliphatic carbocycles. The summed E-state index contributed by atoms with van der Waals surface area (Å²) in [6.45, 7) is 7.89. The van der Waals surface area contributed by atoms with Crippen LogP contribution < -0.4 is 4.90 Å². The number of unbranched alkanes of at least 4 members (excludes halogenated alkanes) is 1. The number of nitrogens with zero attached hydrogens (tertiary/aromatic N) is 1. The van der Waals surface area contributed by atoms with Crippen LogP contribution in [0.15, 0.2) is 0 Å². The third kappa shape index (κ3) is 4.34. The minimum atomic E-state index is 0.712. The van der Waals surface area contributed by atoms with E-state index in [4.69, 9.17) is 5.26 Å². The quantitative estimate of drug-likeness (QED) is 0.545. The second-order valence-corrected chi connectivity index (χ2v) is 2.47. The van der Waals surface area contributed by atoms with E-state index in [0.717, 1.165) is 13.0 Å². The van der Waals surface area contributed by atoms with Gasteiger partial charge in [0.15, 0.2) is 0 Å². The van der Waals surface area contributed by atoms with Gasteiger partial charge in [-0.25, -0.2) is 0 Å². The molecule has 2 nitrogen and oxygen atoms in total. The molecule has 0 fully saturated rings. The van der Waals surface area contributed by atoms with E-state index >= 15 is 0 Å². The molecule has 0 rings (SSSR count). The zero-order valence-corrected chi connectivity index (χ0v) is 6.98. The second kappa shape index (κ2) is 6.57. The summed E-state index contributed by atoms with van der Waals surface area (Å²) in [5.74, 6) is 0. The lowest BCUT2D eigenvalue weighted by Gasteiger charge is -2.13. The Hall–Kier alpha value is -0.550. The topological polar surface area (TPSA) is 28.2 Å². The number of quaternary nitrogens is 1. The SMILES string of the molecule is CC[NH+](CC)CCCC#N. The highest BCUT2D eigenvalue weighted by molar-refractivity contribution is 4.67.